The van der Waals surface area contributed by atoms with Crippen LogP contribution in [0.1, 0.15) is 50.3 Å². The molecule has 6 nitrogen and oxygen atoms in total. The first-order valence-electron chi connectivity index (χ1n) is 8.83. The summed E-state index contributed by atoms with van der Waals surface area (Å²) in [6.45, 7) is 13.9. The summed E-state index contributed by atoms with van der Waals surface area (Å²) in [5, 5.41) is 4.54. The van der Waals surface area contributed by atoms with Gasteiger partial charge >= 0.3 is 0 Å². The van der Waals surface area contributed by atoms with Crippen molar-refractivity contribution in [2.75, 3.05) is 32.8 Å². The molecule has 0 atom stereocenters. The normalized spacial score (nSPS) is 18.9. The number of hydrogen-bond donors (Lipinski definition) is 0. The highest BCUT2D eigenvalue weighted by atomic mass is 16.5. The van der Waals surface area contributed by atoms with Crippen LogP contribution in [-0.4, -0.2) is 64.4 Å². The highest BCUT2D eigenvalue weighted by molar-refractivity contribution is 5.92. The lowest BCUT2D eigenvalue weighted by atomic mass is 10.2. The Labute approximate surface area is 139 Å². The Kier molecular flexibility index (Phi) is 6.59. The van der Waals surface area contributed by atoms with Crippen molar-refractivity contribution < 1.29 is 9.53 Å². The second-order valence-corrected chi connectivity index (χ2v) is 6.07. The number of nitrogens with zero attached hydrogens (tertiary/aromatic N) is 4. The lowest BCUT2D eigenvalue weighted by molar-refractivity contribution is 0.0298. The zero-order valence-electron chi connectivity index (χ0n) is 14.9. The first-order chi connectivity index (χ1) is 11.1. The van der Waals surface area contributed by atoms with Crippen molar-refractivity contribution in [3.8, 4) is 0 Å². The van der Waals surface area contributed by atoms with E-state index in [1.165, 1.54) is 0 Å². The quantitative estimate of drug-likeness (QED) is 0.835. The molecule has 1 aromatic heterocycles. The summed E-state index contributed by atoms with van der Waals surface area (Å²) in [4.78, 5) is 16.8. The van der Waals surface area contributed by atoms with E-state index in [1.807, 2.05) is 29.5 Å². The lowest BCUT2D eigenvalue weighted by Crippen LogP contribution is -2.40. The van der Waals surface area contributed by atoms with Crippen molar-refractivity contribution in [1.29, 1.82) is 0 Å². The lowest BCUT2D eigenvalue weighted by Gasteiger charge is -2.26. The number of carbonyl (C=O) groups is 1. The van der Waals surface area contributed by atoms with Gasteiger partial charge in [0.25, 0.3) is 5.91 Å². The van der Waals surface area contributed by atoms with Gasteiger partial charge in [-0.1, -0.05) is 13.8 Å². The average molecular weight is 322 g/mol. The molecule has 0 aromatic carbocycles. The van der Waals surface area contributed by atoms with Gasteiger partial charge in [0.1, 0.15) is 0 Å². The van der Waals surface area contributed by atoms with Crippen LogP contribution in [0.4, 0.5) is 0 Å². The van der Waals surface area contributed by atoms with Gasteiger partial charge in [0.2, 0.25) is 0 Å². The van der Waals surface area contributed by atoms with E-state index in [-0.39, 0.29) is 5.91 Å². The van der Waals surface area contributed by atoms with Gasteiger partial charge in [0, 0.05) is 38.8 Å². The van der Waals surface area contributed by atoms with Gasteiger partial charge in [-0.05, 0) is 26.3 Å². The van der Waals surface area contributed by atoms with E-state index in [9.17, 15) is 4.79 Å². The van der Waals surface area contributed by atoms with Crippen LogP contribution in [0.5, 0.6) is 0 Å². The molecule has 0 aliphatic carbocycles. The number of ether oxygens (including phenoxy) is 1. The third kappa shape index (κ3) is 4.32. The van der Waals surface area contributed by atoms with Gasteiger partial charge in [-0.2, -0.15) is 5.10 Å². The SMILES string of the molecule is CC.CC(C)N1CCCn2nc(C(=O)N3CCOCC3)cc2C1. The Morgan fingerprint density at radius 2 is 1.87 bits per heavy atom. The Hall–Kier alpha value is -1.40. The third-order valence-electron chi connectivity index (χ3n) is 4.29. The molecule has 0 bridgehead atoms. The van der Waals surface area contributed by atoms with E-state index < -0.39 is 0 Å². The van der Waals surface area contributed by atoms with Crippen molar-refractivity contribution in [3.05, 3.63) is 17.5 Å². The van der Waals surface area contributed by atoms with Crippen molar-refractivity contribution in [1.82, 2.24) is 19.6 Å². The van der Waals surface area contributed by atoms with Crippen LogP contribution in [0, 0.1) is 0 Å². The molecule has 0 unspecified atom stereocenters. The zero-order chi connectivity index (χ0) is 16.8. The molecule has 0 saturated carbocycles. The minimum absolute atomic E-state index is 0.0370. The molecule has 23 heavy (non-hydrogen) atoms. The average Bonchev–Trinajstić information content (AvgIpc) is 2.88. The summed E-state index contributed by atoms with van der Waals surface area (Å²) in [6.07, 6.45) is 1.08. The summed E-state index contributed by atoms with van der Waals surface area (Å²) in [7, 11) is 0. The Bertz CT molecular complexity index is 507. The maximum Gasteiger partial charge on any atom is 0.274 e. The van der Waals surface area contributed by atoms with E-state index >= 15 is 0 Å². The van der Waals surface area contributed by atoms with E-state index in [1.54, 1.807) is 0 Å². The van der Waals surface area contributed by atoms with Crippen LogP contribution in [0.2, 0.25) is 0 Å². The van der Waals surface area contributed by atoms with Gasteiger partial charge in [0.05, 0.1) is 18.9 Å². The summed E-state index contributed by atoms with van der Waals surface area (Å²) in [6, 6.07) is 2.49. The summed E-state index contributed by atoms with van der Waals surface area (Å²) >= 11 is 0. The Morgan fingerprint density at radius 1 is 1.17 bits per heavy atom. The molecule has 1 amide bonds. The second-order valence-electron chi connectivity index (χ2n) is 6.07. The fourth-order valence-electron chi connectivity index (χ4n) is 2.96. The molecule has 3 heterocycles. The van der Waals surface area contributed by atoms with Crippen molar-refractivity contribution in [2.24, 2.45) is 0 Å². The van der Waals surface area contributed by atoms with Crippen LogP contribution in [0.15, 0.2) is 6.07 Å². The minimum atomic E-state index is 0.0370. The number of aryl methyl sites for hydroxylation is 1. The number of fused-ring (bicyclic) bond motifs is 1. The number of rotatable bonds is 2. The number of hydrogen-bond acceptors (Lipinski definition) is 4. The molecule has 1 aromatic rings. The van der Waals surface area contributed by atoms with Crippen molar-refractivity contribution in [3.63, 3.8) is 0 Å². The molecule has 2 aliphatic rings. The predicted molar refractivity (Wildman–Crippen MR) is 90.5 cm³/mol. The van der Waals surface area contributed by atoms with Gasteiger partial charge in [0.15, 0.2) is 5.69 Å². The van der Waals surface area contributed by atoms with E-state index in [0.717, 1.165) is 31.7 Å². The zero-order valence-corrected chi connectivity index (χ0v) is 14.9. The molecule has 1 fully saturated rings. The third-order valence-corrected chi connectivity index (χ3v) is 4.29. The molecule has 2 aliphatic heterocycles. The van der Waals surface area contributed by atoms with Gasteiger partial charge < -0.3 is 9.64 Å². The topological polar surface area (TPSA) is 50.6 Å². The maximum atomic E-state index is 12.5. The van der Waals surface area contributed by atoms with Gasteiger partial charge in [-0.3, -0.25) is 14.4 Å². The van der Waals surface area contributed by atoms with Gasteiger partial charge in [-0.25, -0.2) is 0 Å². The largest absolute Gasteiger partial charge is 0.378 e. The van der Waals surface area contributed by atoms with Crippen LogP contribution in [0.3, 0.4) is 0 Å². The number of amides is 1. The van der Waals surface area contributed by atoms with Crippen LogP contribution >= 0.6 is 0 Å². The second kappa shape index (κ2) is 8.45. The maximum absolute atomic E-state index is 12.5. The monoisotopic (exact) mass is 322 g/mol. The molecule has 0 spiro atoms. The standard InChI is InChI=1S/C15H24N4O2.C2H6/c1-12(2)18-4-3-5-19-13(11-18)10-14(16-19)15(20)17-6-8-21-9-7-17;1-2/h10,12H,3-9,11H2,1-2H3;1-2H3. The molecule has 0 radical (unpaired) electrons. The van der Waals surface area contributed by atoms with E-state index in [4.69, 9.17) is 4.74 Å². The van der Waals surface area contributed by atoms with Crippen LogP contribution in [-0.2, 0) is 17.8 Å². The molecule has 1 saturated heterocycles. The highest BCUT2D eigenvalue weighted by Gasteiger charge is 2.24. The summed E-state index contributed by atoms with van der Waals surface area (Å²) in [5.74, 6) is 0.0370. The number of morpholine rings is 1. The van der Waals surface area contributed by atoms with E-state index in [2.05, 4.69) is 23.8 Å². The molecule has 130 valence electrons. The molecule has 3 rings (SSSR count). The van der Waals surface area contributed by atoms with Gasteiger partial charge in [-0.15, -0.1) is 0 Å². The van der Waals surface area contributed by atoms with E-state index in [0.29, 0.717) is 38.0 Å². The van der Waals surface area contributed by atoms with Crippen LogP contribution < -0.4 is 0 Å². The summed E-state index contributed by atoms with van der Waals surface area (Å²) < 4.78 is 7.31. The molecular formula is C17H30N4O2. The number of carbonyl (C=O) groups excluding carboxylic acids is 1. The molecule has 0 N–H and O–H groups in total. The fourth-order valence-corrected chi connectivity index (χ4v) is 2.96. The Balaban J connectivity index is 0.000000924. The smallest absolute Gasteiger partial charge is 0.274 e. The number of aromatic nitrogens is 2. The first kappa shape index (κ1) is 17.9. The minimum Gasteiger partial charge on any atom is -0.378 e. The highest BCUT2D eigenvalue weighted by Crippen LogP contribution is 2.17. The molecule has 6 heteroatoms. The summed E-state index contributed by atoms with van der Waals surface area (Å²) in [5.41, 5.74) is 1.73. The first-order valence-corrected chi connectivity index (χ1v) is 8.83. The Morgan fingerprint density at radius 3 is 2.52 bits per heavy atom. The fraction of sp³-hybridized carbons (Fsp3) is 0.765. The molecular weight excluding hydrogens is 292 g/mol. The van der Waals surface area contributed by atoms with Crippen molar-refractivity contribution >= 4 is 5.91 Å². The van der Waals surface area contributed by atoms with Crippen molar-refractivity contribution in [2.45, 2.75) is 53.2 Å². The van der Waals surface area contributed by atoms with Crippen LogP contribution in [0.25, 0.3) is 0 Å². The predicted octanol–water partition coefficient (Wildman–Crippen LogP) is 2.00.